The maximum absolute atomic E-state index is 11.6. The molecule has 1 aromatic heterocycles. The molecular formula is C9H13NO4S2. The number of sulfonamides is 1. The Morgan fingerprint density at radius 1 is 1.56 bits per heavy atom. The summed E-state index contributed by atoms with van der Waals surface area (Å²) in [5.74, 6) is -0.509. The van der Waals surface area contributed by atoms with E-state index >= 15 is 0 Å². The molecule has 0 fully saturated rings. The van der Waals surface area contributed by atoms with Crippen LogP contribution in [0.3, 0.4) is 0 Å². The second-order valence-corrected chi connectivity index (χ2v) is 5.91. The first kappa shape index (κ1) is 13.1. The molecule has 1 amide bonds. The minimum atomic E-state index is -3.68. The number of amides is 1. The van der Waals surface area contributed by atoms with Gasteiger partial charge in [-0.3, -0.25) is 4.79 Å². The number of hydrogen-bond acceptors (Lipinski definition) is 5. The third-order valence-electron chi connectivity index (χ3n) is 1.76. The Bertz CT molecular complexity index is 424. The van der Waals surface area contributed by atoms with Gasteiger partial charge in [-0.2, -0.15) is 0 Å². The van der Waals surface area contributed by atoms with Crippen molar-refractivity contribution in [1.82, 2.24) is 4.72 Å². The van der Waals surface area contributed by atoms with Crippen LogP contribution in [0.25, 0.3) is 0 Å². The molecule has 0 spiro atoms. The summed E-state index contributed by atoms with van der Waals surface area (Å²) in [5, 5.41) is 1.64. The molecule has 0 saturated carbocycles. The van der Waals surface area contributed by atoms with Gasteiger partial charge in [-0.05, 0) is 17.9 Å². The Hall–Kier alpha value is -0.920. The molecule has 1 aromatic rings. The quantitative estimate of drug-likeness (QED) is 0.777. The zero-order valence-electron chi connectivity index (χ0n) is 8.80. The molecule has 90 valence electrons. The van der Waals surface area contributed by atoms with Crippen LogP contribution in [0, 0.1) is 0 Å². The molecule has 5 nitrogen and oxygen atoms in total. The highest BCUT2D eigenvalue weighted by Gasteiger charge is 2.17. The molecule has 0 unspecified atom stereocenters. The Kier molecular flexibility index (Phi) is 4.91. The zero-order chi connectivity index (χ0) is 12.0. The first-order valence-corrected chi connectivity index (χ1v) is 7.00. The zero-order valence-corrected chi connectivity index (χ0v) is 10.4. The number of hydrogen-bond donors (Lipinski definition) is 1. The van der Waals surface area contributed by atoms with E-state index in [2.05, 4.69) is 0 Å². The van der Waals surface area contributed by atoms with Gasteiger partial charge in [0.05, 0.1) is 0 Å². The van der Waals surface area contributed by atoms with Crippen molar-refractivity contribution >= 4 is 27.3 Å². The highest BCUT2D eigenvalue weighted by atomic mass is 32.2. The van der Waals surface area contributed by atoms with Crippen molar-refractivity contribution in [2.45, 2.75) is 17.1 Å². The van der Waals surface area contributed by atoms with Gasteiger partial charge in [-0.15, -0.1) is 11.3 Å². The molecule has 0 aliphatic rings. The van der Waals surface area contributed by atoms with Gasteiger partial charge < -0.3 is 4.74 Å². The van der Waals surface area contributed by atoms with Crippen LogP contribution in [0.1, 0.15) is 12.8 Å². The molecule has 0 aliphatic heterocycles. The first-order valence-electron chi connectivity index (χ1n) is 4.64. The van der Waals surface area contributed by atoms with Crippen molar-refractivity contribution in [1.29, 1.82) is 0 Å². The number of ether oxygens (including phenoxy) is 1. The van der Waals surface area contributed by atoms with E-state index in [0.29, 0.717) is 13.0 Å². The van der Waals surface area contributed by atoms with Gasteiger partial charge in [-0.25, -0.2) is 13.1 Å². The summed E-state index contributed by atoms with van der Waals surface area (Å²) in [4.78, 5) is 11.3. The van der Waals surface area contributed by atoms with Crippen LogP contribution in [0.2, 0.25) is 0 Å². The van der Waals surface area contributed by atoms with Crippen molar-refractivity contribution in [2.75, 3.05) is 13.7 Å². The van der Waals surface area contributed by atoms with E-state index in [9.17, 15) is 13.2 Å². The fraction of sp³-hybridized carbons (Fsp3) is 0.444. The molecule has 1 N–H and O–H groups in total. The maximum Gasteiger partial charge on any atom is 0.273 e. The van der Waals surface area contributed by atoms with Crippen LogP contribution in [0.15, 0.2) is 21.7 Å². The third kappa shape index (κ3) is 3.92. The second kappa shape index (κ2) is 5.97. The number of thiophene rings is 1. The van der Waals surface area contributed by atoms with Gasteiger partial charge in [0.25, 0.3) is 10.0 Å². The largest absolute Gasteiger partial charge is 0.385 e. The number of methoxy groups -OCH3 is 1. The lowest BCUT2D eigenvalue weighted by atomic mass is 10.3. The second-order valence-electron chi connectivity index (χ2n) is 3.06. The van der Waals surface area contributed by atoms with E-state index in [1.165, 1.54) is 13.2 Å². The van der Waals surface area contributed by atoms with Gasteiger partial charge in [0.15, 0.2) is 0 Å². The molecule has 16 heavy (non-hydrogen) atoms. The fourth-order valence-corrected chi connectivity index (χ4v) is 3.05. The Balaban J connectivity index is 2.51. The number of rotatable bonds is 6. The average Bonchev–Trinajstić information content (AvgIpc) is 2.70. The van der Waals surface area contributed by atoms with Crippen LogP contribution in [-0.4, -0.2) is 28.0 Å². The van der Waals surface area contributed by atoms with Crippen molar-refractivity contribution < 1.29 is 17.9 Å². The lowest BCUT2D eigenvalue weighted by Crippen LogP contribution is -2.29. The standard InChI is InChI=1S/C9H13NO4S2/c1-14-6-2-4-8(11)10-16(12,13)9-5-3-7-15-9/h3,5,7H,2,4,6H2,1H3,(H,10,11). The minimum Gasteiger partial charge on any atom is -0.385 e. The molecule has 0 bridgehead atoms. The summed E-state index contributed by atoms with van der Waals surface area (Å²) in [5.41, 5.74) is 0. The molecule has 0 atom stereocenters. The lowest BCUT2D eigenvalue weighted by molar-refractivity contribution is -0.119. The van der Waals surface area contributed by atoms with Crippen molar-refractivity contribution in [3.63, 3.8) is 0 Å². The first-order chi connectivity index (χ1) is 7.56. The van der Waals surface area contributed by atoms with Crippen LogP contribution in [-0.2, 0) is 19.6 Å². The number of nitrogens with one attached hydrogen (secondary N) is 1. The van der Waals surface area contributed by atoms with Crippen molar-refractivity contribution in [3.05, 3.63) is 17.5 Å². The minimum absolute atomic E-state index is 0.137. The molecule has 1 heterocycles. The summed E-state index contributed by atoms with van der Waals surface area (Å²) >= 11 is 1.07. The van der Waals surface area contributed by atoms with E-state index in [4.69, 9.17) is 4.74 Å². The Morgan fingerprint density at radius 3 is 2.88 bits per heavy atom. The molecule has 0 aliphatic carbocycles. The third-order valence-corrected chi connectivity index (χ3v) is 4.53. The van der Waals surface area contributed by atoms with Gasteiger partial charge in [0.2, 0.25) is 5.91 Å². The topological polar surface area (TPSA) is 72.5 Å². The molecular weight excluding hydrogens is 250 g/mol. The van der Waals surface area contributed by atoms with E-state index in [1.807, 2.05) is 4.72 Å². The van der Waals surface area contributed by atoms with Gasteiger partial charge in [0.1, 0.15) is 4.21 Å². The molecule has 1 rings (SSSR count). The predicted octanol–water partition coefficient (Wildman–Crippen LogP) is 0.980. The number of carbonyl (C=O) groups is 1. The lowest BCUT2D eigenvalue weighted by Gasteiger charge is -2.04. The maximum atomic E-state index is 11.6. The summed E-state index contributed by atoms with van der Waals surface area (Å²) in [6.07, 6.45) is 0.640. The van der Waals surface area contributed by atoms with Crippen molar-refractivity contribution in [2.24, 2.45) is 0 Å². The van der Waals surface area contributed by atoms with E-state index < -0.39 is 15.9 Å². The van der Waals surface area contributed by atoms with Crippen molar-refractivity contribution in [3.8, 4) is 0 Å². The predicted molar refractivity (Wildman–Crippen MR) is 60.8 cm³/mol. The van der Waals surface area contributed by atoms with Crippen LogP contribution in [0.4, 0.5) is 0 Å². The summed E-state index contributed by atoms with van der Waals surface area (Å²) in [6, 6.07) is 3.07. The summed E-state index contributed by atoms with van der Waals surface area (Å²) < 4.78 is 30.1. The number of carbonyl (C=O) groups excluding carboxylic acids is 1. The smallest absolute Gasteiger partial charge is 0.273 e. The van der Waals surface area contributed by atoms with Gasteiger partial charge in [0, 0.05) is 20.1 Å². The SMILES string of the molecule is COCCCC(=O)NS(=O)(=O)c1cccs1. The van der Waals surface area contributed by atoms with E-state index in [0.717, 1.165) is 11.3 Å². The summed E-state index contributed by atoms with van der Waals surface area (Å²) in [7, 11) is -2.15. The normalized spacial score (nSPS) is 11.3. The average molecular weight is 263 g/mol. The van der Waals surface area contributed by atoms with Gasteiger partial charge in [-0.1, -0.05) is 6.07 Å². The molecule has 0 saturated heterocycles. The monoisotopic (exact) mass is 263 g/mol. The highest BCUT2D eigenvalue weighted by molar-refractivity contribution is 7.92. The fourth-order valence-electron chi connectivity index (χ4n) is 1.04. The van der Waals surface area contributed by atoms with Crippen LogP contribution >= 0.6 is 11.3 Å². The van der Waals surface area contributed by atoms with E-state index in [1.54, 1.807) is 11.4 Å². The summed E-state index contributed by atoms with van der Waals surface area (Å²) in [6.45, 7) is 0.437. The molecule has 7 heteroatoms. The molecule has 0 radical (unpaired) electrons. The Morgan fingerprint density at radius 2 is 2.31 bits per heavy atom. The van der Waals surface area contributed by atoms with Crippen LogP contribution in [0.5, 0.6) is 0 Å². The van der Waals surface area contributed by atoms with Crippen LogP contribution < -0.4 is 4.72 Å². The Labute approximate surface area is 98.5 Å². The van der Waals surface area contributed by atoms with Gasteiger partial charge >= 0.3 is 0 Å². The highest BCUT2D eigenvalue weighted by Crippen LogP contribution is 2.15. The van der Waals surface area contributed by atoms with E-state index in [-0.39, 0.29) is 10.6 Å². The molecule has 0 aromatic carbocycles.